The highest BCUT2D eigenvalue weighted by Gasteiger charge is 2.07. The molecule has 0 fully saturated rings. The van der Waals surface area contributed by atoms with E-state index in [1.54, 1.807) is 7.11 Å². The highest BCUT2D eigenvalue weighted by molar-refractivity contribution is 6.31. The molecule has 0 saturated heterocycles. The van der Waals surface area contributed by atoms with Crippen LogP contribution in [-0.2, 0) is 13.2 Å². The molecule has 0 bridgehead atoms. The van der Waals surface area contributed by atoms with E-state index in [9.17, 15) is 0 Å². The van der Waals surface area contributed by atoms with Crippen molar-refractivity contribution >= 4 is 24.0 Å². The minimum atomic E-state index is 0. The number of methoxy groups -OCH3 is 1. The van der Waals surface area contributed by atoms with E-state index >= 15 is 0 Å². The number of nitrogens with one attached hydrogen (secondary N) is 1. The van der Waals surface area contributed by atoms with Crippen molar-refractivity contribution in [3.05, 3.63) is 58.6 Å². The standard InChI is InChI=1S/C21H28ClNO2.ClH/c1-3-4-5-8-13-23-15-17-11-12-20(21(14-17)24-2)25-16-18-9-6-7-10-19(18)22;/h6-7,9-12,14,23H,3-5,8,13,15-16H2,1-2H3;1H. The summed E-state index contributed by atoms with van der Waals surface area (Å²) in [4.78, 5) is 0. The van der Waals surface area contributed by atoms with Gasteiger partial charge < -0.3 is 14.8 Å². The summed E-state index contributed by atoms with van der Waals surface area (Å²) in [5, 5.41) is 4.20. The van der Waals surface area contributed by atoms with Crippen LogP contribution in [0.3, 0.4) is 0 Å². The Morgan fingerprint density at radius 3 is 2.54 bits per heavy atom. The first kappa shape index (κ1) is 22.6. The quantitative estimate of drug-likeness (QED) is 0.470. The number of ether oxygens (including phenoxy) is 2. The summed E-state index contributed by atoms with van der Waals surface area (Å²) in [5.41, 5.74) is 2.15. The number of unbranched alkanes of at least 4 members (excludes halogenated alkanes) is 3. The third-order valence-corrected chi connectivity index (χ3v) is 4.47. The van der Waals surface area contributed by atoms with Crippen molar-refractivity contribution in [1.82, 2.24) is 5.32 Å². The Hall–Kier alpha value is -1.42. The molecule has 0 spiro atoms. The van der Waals surface area contributed by atoms with Gasteiger partial charge in [0.1, 0.15) is 6.61 Å². The summed E-state index contributed by atoms with van der Waals surface area (Å²) < 4.78 is 11.4. The van der Waals surface area contributed by atoms with Gasteiger partial charge in [-0.2, -0.15) is 0 Å². The fraction of sp³-hybridized carbons (Fsp3) is 0.429. The summed E-state index contributed by atoms with van der Waals surface area (Å²) in [7, 11) is 1.67. The second-order valence-corrected chi connectivity index (χ2v) is 6.51. The second-order valence-electron chi connectivity index (χ2n) is 6.10. The summed E-state index contributed by atoms with van der Waals surface area (Å²) in [5.74, 6) is 1.48. The van der Waals surface area contributed by atoms with Gasteiger partial charge in [-0.3, -0.25) is 0 Å². The summed E-state index contributed by atoms with van der Waals surface area (Å²) >= 11 is 6.17. The molecule has 0 saturated carbocycles. The number of benzene rings is 2. The average molecular weight is 398 g/mol. The molecular formula is C21H29Cl2NO2. The zero-order valence-corrected chi connectivity index (χ0v) is 17.2. The van der Waals surface area contributed by atoms with Crippen LogP contribution in [-0.4, -0.2) is 13.7 Å². The van der Waals surface area contributed by atoms with E-state index in [1.165, 1.54) is 31.2 Å². The molecule has 2 aromatic rings. The van der Waals surface area contributed by atoms with Crippen molar-refractivity contribution < 1.29 is 9.47 Å². The van der Waals surface area contributed by atoms with Crippen LogP contribution in [0.4, 0.5) is 0 Å². The van der Waals surface area contributed by atoms with Gasteiger partial charge in [-0.05, 0) is 36.7 Å². The molecule has 0 aliphatic heterocycles. The van der Waals surface area contributed by atoms with E-state index in [1.807, 2.05) is 36.4 Å². The second kappa shape index (κ2) is 12.9. The minimum Gasteiger partial charge on any atom is -0.493 e. The largest absolute Gasteiger partial charge is 0.493 e. The molecule has 0 radical (unpaired) electrons. The smallest absolute Gasteiger partial charge is 0.161 e. The lowest BCUT2D eigenvalue weighted by Gasteiger charge is -2.13. The van der Waals surface area contributed by atoms with Crippen LogP contribution in [0.5, 0.6) is 11.5 Å². The van der Waals surface area contributed by atoms with Crippen LogP contribution in [0.2, 0.25) is 5.02 Å². The number of hydrogen-bond acceptors (Lipinski definition) is 3. The Labute approximate surface area is 168 Å². The molecule has 0 aromatic heterocycles. The van der Waals surface area contributed by atoms with Gasteiger partial charge >= 0.3 is 0 Å². The molecule has 0 unspecified atom stereocenters. The van der Waals surface area contributed by atoms with Gasteiger partial charge in [0.25, 0.3) is 0 Å². The first-order chi connectivity index (χ1) is 12.2. The highest BCUT2D eigenvalue weighted by Crippen LogP contribution is 2.29. The van der Waals surface area contributed by atoms with Gasteiger partial charge in [0.05, 0.1) is 7.11 Å². The SMILES string of the molecule is CCCCCCNCc1ccc(OCc2ccccc2Cl)c(OC)c1.Cl. The lowest BCUT2D eigenvalue weighted by Crippen LogP contribution is -2.14. The maximum atomic E-state index is 6.17. The van der Waals surface area contributed by atoms with E-state index in [0.717, 1.165) is 30.2 Å². The maximum absolute atomic E-state index is 6.17. The molecule has 1 N–H and O–H groups in total. The third-order valence-electron chi connectivity index (χ3n) is 4.11. The van der Waals surface area contributed by atoms with Crippen molar-refractivity contribution in [2.45, 2.75) is 45.8 Å². The fourth-order valence-electron chi connectivity index (χ4n) is 2.62. The molecule has 26 heavy (non-hydrogen) atoms. The molecule has 2 rings (SSSR count). The van der Waals surface area contributed by atoms with Crippen molar-refractivity contribution in [1.29, 1.82) is 0 Å². The number of halogens is 2. The van der Waals surface area contributed by atoms with Crippen molar-refractivity contribution in [3.8, 4) is 11.5 Å². The van der Waals surface area contributed by atoms with Crippen LogP contribution < -0.4 is 14.8 Å². The van der Waals surface area contributed by atoms with Crippen LogP contribution in [0, 0.1) is 0 Å². The van der Waals surface area contributed by atoms with Crippen LogP contribution in [0.25, 0.3) is 0 Å². The Balaban J connectivity index is 0.00000338. The van der Waals surface area contributed by atoms with Gasteiger partial charge in [0.2, 0.25) is 0 Å². The zero-order valence-electron chi connectivity index (χ0n) is 15.6. The van der Waals surface area contributed by atoms with Crippen LogP contribution >= 0.6 is 24.0 Å². The minimum absolute atomic E-state index is 0. The van der Waals surface area contributed by atoms with Gasteiger partial charge in [0.15, 0.2) is 11.5 Å². The molecule has 0 heterocycles. The molecule has 144 valence electrons. The molecule has 3 nitrogen and oxygen atoms in total. The molecule has 0 aliphatic rings. The molecule has 0 atom stereocenters. The van der Waals surface area contributed by atoms with Crippen LogP contribution in [0.15, 0.2) is 42.5 Å². The van der Waals surface area contributed by atoms with E-state index in [2.05, 4.69) is 18.3 Å². The first-order valence-corrected chi connectivity index (χ1v) is 9.36. The summed E-state index contributed by atoms with van der Waals surface area (Å²) in [6, 6.07) is 13.8. The van der Waals surface area contributed by atoms with Gasteiger partial charge in [0, 0.05) is 17.1 Å². The monoisotopic (exact) mass is 397 g/mol. The van der Waals surface area contributed by atoms with Gasteiger partial charge in [-0.15, -0.1) is 12.4 Å². The maximum Gasteiger partial charge on any atom is 0.161 e. The van der Waals surface area contributed by atoms with Gasteiger partial charge in [-0.25, -0.2) is 0 Å². The molecule has 5 heteroatoms. The Morgan fingerprint density at radius 1 is 1.00 bits per heavy atom. The van der Waals surface area contributed by atoms with Crippen LogP contribution in [0.1, 0.15) is 43.7 Å². The molecular weight excluding hydrogens is 369 g/mol. The third kappa shape index (κ3) is 7.45. The highest BCUT2D eigenvalue weighted by atomic mass is 35.5. The Kier molecular flexibility index (Phi) is 11.2. The van der Waals surface area contributed by atoms with Gasteiger partial charge in [-0.1, -0.05) is 62.1 Å². The number of rotatable bonds is 11. The lowest BCUT2D eigenvalue weighted by molar-refractivity contribution is 0.284. The molecule has 0 amide bonds. The predicted octanol–water partition coefficient (Wildman–Crippen LogP) is 6.02. The summed E-state index contributed by atoms with van der Waals surface area (Å²) in [6.07, 6.45) is 5.10. The Bertz CT molecular complexity index is 650. The average Bonchev–Trinajstić information content (AvgIpc) is 2.64. The van der Waals surface area contributed by atoms with Crippen molar-refractivity contribution in [2.24, 2.45) is 0 Å². The van der Waals surface area contributed by atoms with Crippen molar-refractivity contribution in [3.63, 3.8) is 0 Å². The zero-order chi connectivity index (χ0) is 17.9. The van der Waals surface area contributed by atoms with E-state index in [0.29, 0.717) is 11.6 Å². The normalized spacial score (nSPS) is 10.3. The Morgan fingerprint density at radius 2 is 1.81 bits per heavy atom. The lowest BCUT2D eigenvalue weighted by atomic mass is 10.2. The van der Waals surface area contributed by atoms with E-state index < -0.39 is 0 Å². The van der Waals surface area contributed by atoms with E-state index in [-0.39, 0.29) is 12.4 Å². The van der Waals surface area contributed by atoms with E-state index in [4.69, 9.17) is 21.1 Å². The number of hydrogen-bond donors (Lipinski definition) is 1. The summed E-state index contributed by atoms with van der Waals surface area (Å²) in [6.45, 7) is 4.54. The molecule has 0 aliphatic carbocycles. The van der Waals surface area contributed by atoms with Crippen molar-refractivity contribution in [2.75, 3.05) is 13.7 Å². The molecule has 2 aromatic carbocycles. The fourth-order valence-corrected chi connectivity index (χ4v) is 2.81. The predicted molar refractivity (Wildman–Crippen MR) is 112 cm³/mol. The topological polar surface area (TPSA) is 30.5 Å². The first-order valence-electron chi connectivity index (χ1n) is 8.98.